The number of carbonyl (C=O) groups excluding carboxylic acids is 2. The topological polar surface area (TPSA) is 98.4 Å². The molecule has 1 aromatic heterocycles. The molecule has 2 aliphatic rings. The summed E-state index contributed by atoms with van der Waals surface area (Å²) in [5.41, 5.74) is 7.45. The number of nitrogens with two attached hydrogens (primary N) is 1. The summed E-state index contributed by atoms with van der Waals surface area (Å²) in [6.07, 6.45) is 3.52. The van der Waals surface area contributed by atoms with Gasteiger partial charge in [-0.1, -0.05) is 10.6 Å². The predicted octanol–water partition coefficient (Wildman–Crippen LogP) is 0.221. The molecule has 0 aliphatic carbocycles. The van der Waals surface area contributed by atoms with Gasteiger partial charge in [0.25, 0.3) is 0 Å². The lowest BCUT2D eigenvalue weighted by atomic mass is 10.0. The Morgan fingerprint density at radius 3 is 3.05 bits per heavy atom. The highest BCUT2D eigenvalue weighted by atomic mass is 32.2. The quantitative estimate of drug-likeness (QED) is 0.627. The number of hydrogen-bond donors (Lipinski definition) is 1. The molecule has 1 aromatic rings. The molecule has 1 fully saturated rings. The summed E-state index contributed by atoms with van der Waals surface area (Å²) in [4.78, 5) is 25.3. The molecule has 1 amide bonds. The second kappa shape index (κ2) is 5.58. The van der Waals surface area contributed by atoms with Crippen LogP contribution in [0.5, 0.6) is 0 Å². The van der Waals surface area contributed by atoms with Gasteiger partial charge in [0.2, 0.25) is 5.91 Å². The van der Waals surface area contributed by atoms with Crippen molar-refractivity contribution in [1.82, 2.24) is 14.5 Å². The van der Waals surface area contributed by atoms with Crippen LogP contribution in [0.15, 0.2) is 22.7 Å². The van der Waals surface area contributed by atoms with E-state index < -0.39 is 12.0 Å². The Bertz CT molecular complexity index is 641. The minimum atomic E-state index is -0.553. The van der Waals surface area contributed by atoms with Crippen LogP contribution in [0.2, 0.25) is 0 Å². The van der Waals surface area contributed by atoms with E-state index in [9.17, 15) is 9.59 Å². The van der Waals surface area contributed by atoms with Gasteiger partial charge < -0.3 is 10.5 Å². The van der Waals surface area contributed by atoms with E-state index in [-0.39, 0.29) is 17.0 Å². The maximum atomic E-state index is 12.0. The average molecular weight is 324 g/mol. The Balaban J connectivity index is 1.95. The number of amides is 1. The van der Waals surface area contributed by atoms with Crippen LogP contribution < -0.4 is 5.73 Å². The minimum absolute atomic E-state index is 0.190. The van der Waals surface area contributed by atoms with Crippen molar-refractivity contribution in [1.29, 1.82) is 0 Å². The van der Waals surface area contributed by atoms with Crippen molar-refractivity contribution in [3.63, 3.8) is 0 Å². The third-order valence-corrected chi connectivity index (χ3v) is 5.10. The molecule has 0 saturated carbocycles. The zero-order valence-corrected chi connectivity index (χ0v) is 12.7. The summed E-state index contributed by atoms with van der Waals surface area (Å²) in [7, 11) is 1.29. The molecule has 0 aromatic carbocycles. The molecule has 3 heterocycles. The molecule has 21 heavy (non-hydrogen) atoms. The zero-order chi connectivity index (χ0) is 15.0. The van der Waals surface area contributed by atoms with Crippen molar-refractivity contribution >= 4 is 41.2 Å². The van der Waals surface area contributed by atoms with Gasteiger partial charge in [0.1, 0.15) is 17.1 Å². The maximum Gasteiger partial charge on any atom is 0.355 e. The normalized spacial score (nSPS) is 25.0. The van der Waals surface area contributed by atoms with Gasteiger partial charge in [-0.3, -0.25) is 9.69 Å². The van der Waals surface area contributed by atoms with E-state index >= 15 is 0 Å². The molecule has 9 heteroatoms. The standard InChI is InChI=1S/C12H12N4O3S2/c1-19-12(18)9-6(2-3-7-5-21-15-14-7)4-20-11-8(13)10(17)16(9)11/h2-3,5,8,11H,4,13H2,1H3/t8?,11-/m0/s1. The summed E-state index contributed by atoms with van der Waals surface area (Å²) in [6.45, 7) is 0. The third-order valence-electron chi connectivity index (χ3n) is 3.25. The average Bonchev–Trinajstić information content (AvgIpc) is 3.03. The largest absolute Gasteiger partial charge is 0.464 e. The first kappa shape index (κ1) is 14.2. The van der Waals surface area contributed by atoms with Crippen LogP contribution in [-0.2, 0) is 14.3 Å². The summed E-state index contributed by atoms with van der Waals surface area (Å²) < 4.78 is 8.56. The smallest absolute Gasteiger partial charge is 0.355 e. The van der Waals surface area contributed by atoms with Crippen LogP contribution in [-0.4, -0.2) is 50.6 Å². The Kier molecular flexibility index (Phi) is 3.79. The Morgan fingerprint density at radius 1 is 1.57 bits per heavy atom. The van der Waals surface area contributed by atoms with E-state index in [1.54, 1.807) is 17.5 Å². The number of thioether (sulfide) groups is 1. The highest BCUT2D eigenvalue weighted by Gasteiger charge is 2.51. The number of nitrogens with zero attached hydrogens (tertiary/aromatic N) is 3. The van der Waals surface area contributed by atoms with Crippen LogP contribution >= 0.6 is 23.3 Å². The van der Waals surface area contributed by atoms with Crippen LogP contribution in [0.25, 0.3) is 6.08 Å². The second-order valence-corrected chi connectivity index (χ2v) is 6.18. The molecule has 3 rings (SSSR count). The third kappa shape index (κ3) is 2.37. The van der Waals surface area contributed by atoms with Gasteiger partial charge in [0, 0.05) is 11.1 Å². The maximum absolute atomic E-state index is 12.0. The van der Waals surface area contributed by atoms with E-state index in [4.69, 9.17) is 10.5 Å². The summed E-state index contributed by atoms with van der Waals surface area (Å²) in [6, 6.07) is -0.553. The zero-order valence-electron chi connectivity index (χ0n) is 11.1. The number of carbonyl (C=O) groups is 2. The number of ether oxygens (including phenoxy) is 1. The second-order valence-electron chi connectivity index (χ2n) is 4.46. The summed E-state index contributed by atoms with van der Waals surface area (Å²) >= 11 is 2.78. The molecular weight excluding hydrogens is 312 g/mol. The fourth-order valence-electron chi connectivity index (χ4n) is 2.18. The molecular formula is C12H12N4O3S2. The monoisotopic (exact) mass is 324 g/mol. The molecule has 2 aliphatic heterocycles. The van der Waals surface area contributed by atoms with Gasteiger partial charge in [0.15, 0.2) is 0 Å². The number of hydrogen-bond acceptors (Lipinski definition) is 8. The summed E-state index contributed by atoms with van der Waals surface area (Å²) in [5, 5.41) is 5.50. The van der Waals surface area contributed by atoms with E-state index in [0.29, 0.717) is 11.4 Å². The molecule has 1 saturated heterocycles. The van der Waals surface area contributed by atoms with Crippen LogP contribution in [0, 0.1) is 0 Å². The molecule has 7 nitrogen and oxygen atoms in total. The fourth-order valence-corrected chi connectivity index (χ4v) is 3.87. The fraction of sp³-hybridized carbons (Fsp3) is 0.333. The highest BCUT2D eigenvalue weighted by Crippen LogP contribution is 2.40. The van der Waals surface area contributed by atoms with Crippen molar-refractivity contribution < 1.29 is 14.3 Å². The number of allylic oxidation sites excluding steroid dienone is 1. The highest BCUT2D eigenvalue weighted by molar-refractivity contribution is 8.00. The number of esters is 1. The molecule has 0 bridgehead atoms. The van der Waals surface area contributed by atoms with Crippen molar-refractivity contribution in [3.8, 4) is 0 Å². The predicted molar refractivity (Wildman–Crippen MR) is 79.1 cm³/mol. The van der Waals surface area contributed by atoms with E-state index in [1.165, 1.54) is 35.3 Å². The number of fused-ring (bicyclic) bond motifs is 1. The van der Waals surface area contributed by atoms with Crippen LogP contribution in [0.4, 0.5) is 0 Å². The SMILES string of the molecule is COC(=O)C1=C(C=Cc2csnn2)CS[C@H]2C(N)C(=O)N12. The number of aromatic nitrogens is 2. The molecule has 0 spiro atoms. The van der Waals surface area contributed by atoms with Crippen molar-refractivity contribution in [2.75, 3.05) is 12.9 Å². The Hall–Kier alpha value is -1.71. The van der Waals surface area contributed by atoms with Gasteiger partial charge in [-0.15, -0.1) is 16.9 Å². The number of rotatable bonds is 3. The first-order valence-electron chi connectivity index (χ1n) is 6.10. The molecule has 2 N–H and O–H groups in total. The van der Waals surface area contributed by atoms with Crippen molar-refractivity contribution in [2.24, 2.45) is 5.73 Å². The molecule has 1 unspecified atom stereocenters. The van der Waals surface area contributed by atoms with E-state index in [2.05, 4.69) is 9.59 Å². The summed E-state index contributed by atoms with van der Waals surface area (Å²) in [5.74, 6) is -0.203. The van der Waals surface area contributed by atoms with Crippen LogP contribution in [0.3, 0.4) is 0 Å². The number of β-lactam (4-membered cyclic amide) rings is 1. The minimum Gasteiger partial charge on any atom is -0.464 e. The lowest BCUT2D eigenvalue weighted by Gasteiger charge is -2.47. The number of methoxy groups -OCH3 is 1. The molecule has 2 atom stereocenters. The Morgan fingerprint density at radius 2 is 2.38 bits per heavy atom. The Labute approximate surface area is 129 Å². The molecule has 0 radical (unpaired) electrons. The van der Waals surface area contributed by atoms with Gasteiger partial charge in [-0.2, -0.15) is 0 Å². The van der Waals surface area contributed by atoms with Crippen LogP contribution in [0.1, 0.15) is 5.69 Å². The van der Waals surface area contributed by atoms with Gasteiger partial charge in [-0.05, 0) is 23.2 Å². The lowest BCUT2D eigenvalue weighted by Crippen LogP contribution is -2.68. The first-order valence-corrected chi connectivity index (χ1v) is 7.99. The van der Waals surface area contributed by atoms with E-state index in [1.807, 2.05) is 0 Å². The van der Waals surface area contributed by atoms with Gasteiger partial charge in [0.05, 0.1) is 12.8 Å². The molecule has 110 valence electrons. The van der Waals surface area contributed by atoms with Gasteiger partial charge >= 0.3 is 5.97 Å². The van der Waals surface area contributed by atoms with E-state index in [0.717, 1.165) is 5.57 Å². The lowest BCUT2D eigenvalue weighted by molar-refractivity contribution is -0.149. The van der Waals surface area contributed by atoms with Gasteiger partial charge in [-0.25, -0.2) is 4.79 Å². The van der Waals surface area contributed by atoms with Crippen molar-refractivity contribution in [3.05, 3.63) is 28.4 Å². The van der Waals surface area contributed by atoms with Crippen molar-refractivity contribution in [2.45, 2.75) is 11.4 Å². The first-order chi connectivity index (χ1) is 10.1.